The van der Waals surface area contributed by atoms with Gasteiger partial charge in [-0.25, -0.2) is 4.39 Å². The first-order chi connectivity index (χ1) is 13.3. The SMILES string of the molecule is Cc1cc(C)cc(OCCN(C)C(=O)c2c[nH]c(=S)n2-c2ccc(F)cc2)c1. The van der Waals surface area contributed by atoms with E-state index in [0.29, 0.717) is 29.3 Å². The number of hydrogen-bond donors (Lipinski definition) is 1. The Hall–Kier alpha value is -2.93. The van der Waals surface area contributed by atoms with Crippen LogP contribution in [0.3, 0.4) is 0 Å². The molecule has 1 N–H and O–H groups in total. The van der Waals surface area contributed by atoms with Gasteiger partial charge in [0.15, 0.2) is 4.77 Å². The van der Waals surface area contributed by atoms with E-state index in [2.05, 4.69) is 11.1 Å². The molecule has 0 saturated heterocycles. The van der Waals surface area contributed by atoms with Crippen molar-refractivity contribution >= 4 is 18.1 Å². The Kier molecular flexibility index (Phi) is 5.94. The van der Waals surface area contributed by atoms with Crippen LogP contribution >= 0.6 is 12.2 Å². The van der Waals surface area contributed by atoms with Gasteiger partial charge in [0, 0.05) is 18.9 Å². The van der Waals surface area contributed by atoms with Gasteiger partial charge >= 0.3 is 0 Å². The van der Waals surface area contributed by atoms with Gasteiger partial charge in [0.05, 0.1) is 6.54 Å². The highest BCUT2D eigenvalue weighted by molar-refractivity contribution is 7.71. The predicted molar refractivity (Wildman–Crippen MR) is 109 cm³/mol. The van der Waals surface area contributed by atoms with Gasteiger partial charge in [0.1, 0.15) is 23.9 Å². The number of aromatic amines is 1. The largest absolute Gasteiger partial charge is 0.492 e. The lowest BCUT2D eigenvalue weighted by molar-refractivity contribution is 0.0765. The van der Waals surface area contributed by atoms with Gasteiger partial charge in [-0.3, -0.25) is 9.36 Å². The van der Waals surface area contributed by atoms with Crippen LogP contribution in [0.15, 0.2) is 48.7 Å². The third kappa shape index (κ3) is 4.48. The average Bonchev–Trinajstić information content (AvgIpc) is 3.02. The highest BCUT2D eigenvalue weighted by Gasteiger charge is 2.18. The summed E-state index contributed by atoms with van der Waals surface area (Å²) in [6.45, 7) is 4.81. The molecule has 1 heterocycles. The average molecular weight is 399 g/mol. The molecule has 0 atom stereocenters. The van der Waals surface area contributed by atoms with Crippen molar-refractivity contribution in [1.29, 1.82) is 0 Å². The van der Waals surface area contributed by atoms with Crippen molar-refractivity contribution in [3.63, 3.8) is 0 Å². The fraction of sp³-hybridized carbons (Fsp3) is 0.238. The van der Waals surface area contributed by atoms with Crippen molar-refractivity contribution in [2.75, 3.05) is 20.2 Å². The van der Waals surface area contributed by atoms with Crippen LogP contribution in [0.25, 0.3) is 5.69 Å². The number of likely N-dealkylation sites (N-methyl/N-ethyl adjacent to an activating group) is 1. The number of aromatic nitrogens is 2. The first-order valence-corrected chi connectivity index (χ1v) is 9.29. The smallest absolute Gasteiger partial charge is 0.272 e. The summed E-state index contributed by atoms with van der Waals surface area (Å²) in [6, 6.07) is 11.8. The zero-order valence-electron chi connectivity index (χ0n) is 16.0. The van der Waals surface area contributed by atoms with E-state index in [0.717, 1.165) is 16.9 Å². The van der Waals surface area contributed by atoms with Gasteiger partial charge in [-0.05, 0) is 73.6 Å². The van der Waals surface area contributed by atoms with E-state index in [4.69, 9.17) is 17.0 Å². The molecule has 3 rings (SSSR count). The van der Waals surface area contributed by atoms with Crippen molar-refractivity contribution in [2.24, 2.45) is 0 Å². The maximum Gasteiger partial charge on any atom is 0.272 e. The molecule has 28 heavy (non-hydrogen) atoms. The molecule has 1 aromatic heterocycles. The molecule has 0 radical (unpaired) electrons. The zero-order chi connectivity index (χ0) is 20.3. The molecule has 5 nitrogen and oxygen atoms in total. The quantitative estimate of drug-likeness (QED) is 0.624. The minimum absolute atomic E-state index is 0.208. The van der Waals surface area contributed by atoms with Crippen LogP contribution in [0.2, 0.25) is 0 Å². The summed E-state index contributed by atoms with van der Waals surface area (Å²) in [5, 5.41) is 0. The third-order valence-electron chi connectivity index (χ3n) is 4.32. The Morgan fingerprint density at radius 1 is 1.18 bits per heavy atom. The van der Waals surface area contributed by atoms with Crippen molar-refractivity contribution in [3.8, 4) is 11.4 Å². The number of carbonyl (C=O) groups excluding carboxylic acids is 1. The van der Waals surface area contributed by atoms with E-state index in [1.165, 1.54) is 12.1 Å². The lowest BCUT2D eigenvalue weighted by Gasteiger charge is -2.18. The first kappa shape index (κ1) is 19.8. The lowest BCUT2D eigenvalue weighted by Crippen LogP contribution is -2.32. The number of nitrogens with zero attached hydrogens (tertiary/aromatic N) is 2. The molecular formula is C21H22FN3O2S. The molecule has 2 aromatic carbocycles. The molecule has 0 aliphatic heterocycles. The van der Waals surface area contributed by atoms with Crippen molar-refractivity contribution < 1.29 is 13.9 Å². The van der Waals surface area contributed by atoms with E-state index in [-0.39, 0.29) is 11.7 Å². The summed E-state index contributed by atoms with van der Waals surface area (Å²) in [5.74, 6) is 0.231. The minimum atomic E-state index is -0.348. The molecule has 0 saturated carbocycles. The van der Waals surface area contributed by atoms with Crippen LogP contribution in [0, 0.1) is 24.4 Å². The molecule has 0 bridgehead atoms. The number of ether oxygens (including phenoxy) is 1. The standard InChI is InChI=1S/C21H22FN3O2S/c1-14-10-15(2)12-18(11-14)27-9-8-24(3)20(26)19-13-23-21(28)25(19)17-6-4-16(22)5-7-17/h4-7,10-13H,8-9H2,1-3H3,(H,23,28). The number of imidazole rings is 1. The summed E-state index contributed by atoms with van der Waals surface area (Å²) in [5.41, 5.74) is 3.26. The van der Waals surface area contributed by atoms with Crippen LogP contribution in [0.4, 0.5) is 4.39 Å². The lowest BCUT2D eigenvalue weighted by atomic mass is 10.1. The van der Waals surface area contributed by atoms with E-state index in [1.807, 2.05) is 26.0 Å². The van der Waals surface area contributed by atoms with E-state index in [9.17, 15) is 9.18 Å². The Bertz CT molecular complexity index is 1020. The van der Waals surface area contributed by atoms with Crippen molar-refractivity contribution in [3.05, 3.63) is 76.1 Å². The predicted octanol–water partition coefficient (Wildman–Crippen LogP) is 4.44. The summed E-state index contributed by atoms with van der Waals surface area (Å²) in [4.78, 5) is 17.3. The minimum Gasteiger partial charge on any atom is -0.492 e. The van der Waals surface area contributed by atoms with Crippen molar-refractivity contribution in [1.82, 2.24) is 14.5 Å². The molecule has 1 amide bonds. The monoisotopic (exact) mass is 399 g/mol. The van der Waals surface area contributed by atoms with Gasteiger partial charge in [0.25, 0.3) is 5.91 Å². The van der Waals surface area contributed by atoms with Crippen LogP contribution in [-0.2, 0) is 0 Å². The number of halogens is 1. The molecule has 3 aromatic rings. The number of benzene rings is 2. The van der Waals surface area contributed by atoms with E-state index in [1.54, 1.807) is 34.8 Å². The highest BCUT2D eigenvalue weighted by atomic mass is 32.1. The van der Waals surface area contributed by atoms with Crippen LogP contribution < -0.4 is 4.74 Å². The van der Waals surface area contributed by atoms with E-state index >= 15 is 0 Å². The second-order valence-corrected chi connectivity index (χ2v) is 7.08. The summed E-state index contributed by atoms with van der Waals surface area (Å²) in [7, 11) is 1.71. The number of hydrogen-bond acceptors (Lipinski definition) is 3. The zero-order valence-corrected chi connectivity index (χ0v) is 16.8. The molecule has 0 aliphatic rings. The summed E-state index contributed by atoms with van der Waals surface area (Å²) >= 11 is 5.29. The topological polar surface area (TPSA) is 50.3 Å². The highest BCUT2D eigenvalue weighted by Crippen LogP contribution is 2.17. The Balaban J connectivity index is 1.70. The molecule has 0 unspecified atom stereocenters. The van der Waals surface area contributed by atoms with Crippen LogP contribution in [0.5, 0.6) is 5.75 Å². The Labute approximate surface area is 168 Å². The van der Waals surface area contributed by atoms with Gasteiger partial charge in [-0.1, -0.05) is 6.07 Å². The first-order valence-electron chi connectivity index (χ1n) is 8.88. The second-order valence-electron chi connectivity index (χ2n) is 6.69. The van der Waals surface area contributed by atoms with Crippen LogP contribution in [-0.4, -0.2) is 40.6 Å². The summed E-state index contributed by atoms with van der Waals surface area (Å²) in [6.07, 6.45) is 1.56. The molecule has 0 fully saturated rings. The third-order valence-corrected chi connectivity index (χ3v) is 4.62. The van der Waals surface area contributed by atoms with Gasteiger partial charge in [-0.15, -0.1) is 0 Å². The maximum absolute atomic E-state index is 13.2. The Morgan fingerprint density at radius 2 is 1.82 bits per heavy atom. The normalized spacial score (nSPS) is 10.7. The fourth-order valence-corrected chi connectivity index (χ4v) is 3.25. The van der Waals surface area contributed by atoms with Crippen LogP contribution in [0.1, 0.15) is 21.6 Å². The number of H-pyrrole nitrogens is 1. The molecule has 0 spiro atoms. The molecule has 146 valence electrons. The molecule has 7 heteroatoms. The Morgan fingerprint density at radius 3 is 2.46 bits per heavy atom. The van der Waals surface area contributed by atoms with Gasteiger partial charge in [-0.2, -0.15) is 0 Å². The number of aryl methyl sites for hydroxylation is 2. The maximum atomic E-state index is 13.2. The number of carbonyl (C=O) groups is 1. The number of nitrogens with one attached hydrogen (secondary N) is 1. The summed E-state index contributed by atoms with van der Waals surface area (Å²) < 4.78 is 21.0. The molecular weight excluding hydrogens is 377 g/mol. The number of rotatable bonds is 6. The number of amides is 1. The van der Waals surface area contributed by atoms with Gasteiger partial charge in [0.2, 0.25) is 0 Å². The van der Waals surface area contributed by atoms with Gasteiger partial charge < -0.3 is 14.6 Å². The van der Waals surface area contributed by atoms with Crippen molar-refractivity contribution in [2.45, 2.75) is 13.8 Å². The molecule has 0 aliphatic carbocycles. The fourth-order valence-electron chi connectivity index (χ4n) is 2.99. The van der Waals surface area contributed by atoms with E-state index < -0.39 is 0 Å². The second kappa shape index (κ2) is 8.39.